The molecule has 1 aromatic heterocycles. The Kier molecular flexibility index (Phi) is 6.94. The van der Waals surface area contributed by atoms with Gasteiger partial charge in [-0.3, -0.25) is 4.79 Å². The summed E-state index contributed by atoms with van der Waals surface area (Å²) >= 11 is 1.40. The third-order valence-electron chi connectivity index (χ3n) is 4.49. The number of rotatable bonds is 7. The number of ether oxygens (including phenoxy) is 1. The number of nitrogens with two attached hydrogens (primary N) is 1. The normalized spacial score (nSPS) is 12.1. The lowest BCUT2D eigenvalue weighted by molar-refractivity contribution is -0.692. The Morgan fingerprint density at radius 1 is 1.19 bits per heavy atom. The Morgan fingerprint density at radius 2 is 1.85 bits per heavy atom. The number of amides is 1. The second kappa shape index (κ2) is 8.96. The Morgan fingerprint density at radius 3 is 2.42 bits per heavy atom. The van der Waals surface area contributed by atoms with Gasteiger partial charge in [-0.15, -0.1) is 11.3 Å². The zero-order valence-corrected chi connectivity index (χ0v) is 16.8. The van der Waals surface area contributed by atoms with Crippen molar-refractivity contribution in [1.29, 1.82) is 0 Å². The number of hydrogen-bond acceptors (Lipinski definition) is 4. The molecule has 2 rings (SSSR count). The highest BCUT2D eigenvalue weighted by atomic mass is 32.1. The van der Waals surface area contributed by atoms with Crippen LogP contribution in [0.5, 0.6) is 0 Å². The Hall–Kier alpha value is -2.18. The van der Waals surface area contributed by atoms with E-state index in [1.807, 2.05) is 37.4 Å². The van der Waals surface area contributed by atoms with Gasteiger partial charge in [0.15, 0.2) is 6.54 Å². The summed E-state index contributed by atoms with van der Waals surface area (Å²) in [5.74, 6) is -0.157. The van der Waals surface area contributed by atoms with Crippen molar-refractivity contribution in [2.75, 3.05) is 19.0 Å². The van der Waals surface area contributed by atoms with Crippen molar-refractivity contribution in [2.45, 2.75) is 33.7 Å². The maximum Gasteiger partial charge on any atom is 0.341 e. The van der Waals surface area contributed by atoms with Crippen LogP contribution >= 0.6 is 11.3 Å². The van der Waals surface area contributed by atoms with Gasteiger partial charge in [-0.2, -0.15) is 0 Å². The fourth-order valence-electron chi connectivity index (χ4n) is 2.94. The molecule has 0 saturated heterocycles. The van der Waals surface area contributed by atoms with Crippen LogP contribution in [-0.2, 0) is 9.53 Å². The molecule has 1 amide bonds. The Balaban J connectivity index is 2.07. The van der Waals surface area contributed by atoms with Crippen molar-refractivity contribution in [3.63, 3.8) is 0 Å². The molecule has 1 heterocycles. The third kappa shape index (κ3) is 4.71. The van der Waals surface area contributed by atoms with Crippen LogP contribution in [0.25, 0.3) is 0 Å². The molecular weight excluding hydrogens is 348 g/mol. The molecule has 0 aliphatic heterocycles. The molecule has 0 saturated carbocycles. The largest absolute Gasteiger partial charge is 0.465 e. The number of esters is 1. The summed E-state index contributed by atoms with van der Waals surface area (Å²) in [5.41, 5.74) is 2.51. The van der Waals surface area contributed by atoms with Gasteiger partial charge in [0.1, 0.15) is 11.0 Å². The molecular formula is C20H27N2O3S+. The molecule has 1 atom stereocenters. The van der Waals surface area contributed by atoms with E-state index < -0.39 is 5.97 Å². The highest BCUT2D eigenvalue weighted by Gasteiger charge is 2.24. The van der Waals surface area contributed by atoms with E-state index in [-0.39, 0.29) is 18.5 Å². The predicted octanol–water partition coefficient (Wildman–Crippen LogP) is 3.05. The molecule has 0 radical (unpaired) electrons. The molecule has 0 fully saturated rings. The van der Waals surface area contributed by atoms with Crippen molar-refractivity contribution >= 4 is 28.2 Å². The van der Waals surface area contributed by atoms with Crippen LogP contribution in [0, 0.1) is 19.8 Å². The average Bonchev–Trinajstić information content (AvgIpc) is 2.89. The van der Waals surface area contributed by atoms with E-state index in [2.05, 4.69) is 31.3 Å². The van der Waals surface area contributed by atoms with Crippen LogP contribution in [-0.4, -0.2) is 25.5 Å². The topological polar surface area (TPSA) is 72.0 Å². The number of anilines is 1. The van der Waals surface area contributed by atoms with Crippen LogP contribution in [0.4, 0.5) is 5.00 Å². The van der Waals surface area contributed by atoms with E-state index in [9.17, 15) is 9.59 Å². The van der Waals surface area contributed by atoms with Gasteiger partial charge in [-0.25, -0.2) is 4.79 Å². The van der Waals surface area contributed by atoms with Gasteiger partial charge in [0.2, 0.25) is 0 Å². The number of aryl methyl sites for hydroxylation is 1. The monoisotopic (exact) mass is 375 g/mol. The van der Waals surface area contributed by atoms with Gasteiger partial charge in [0.25, 0.3) is 5.91 Å². The highest BCUT2D eigenvalue weighted by Crippen LogP contribution is 2.32. The zero-order valence-electron chi connectivity index (χ0n) is 16.0. The van der Waals surface area contributed by atoms with Crippen molar-refractivity contribution < 1.29 is 19.6 Å². The minimum Gasteiger partial charge on any atom is -0.465 e. The first-order chi connectivity index (χ1) is 12.3. The SMILES string of the molecule is COC(=O)c1c(NC(=O)C[NH2+][C@@H](c2ccccc2)C(C)C)sc(C)c1C. The quantitative estimate of drug-likeness (QED) is 0.731. The van der Waals surface area contributed by atoms with Gasteiger partial charge in [-0.1, -0.05) is 44.2 Å². The first-order valence-electron chi connectivity index (χ1n) is 8.71. The zero-order chi connectivity index (χ0) is 19.3. The summed E-state index contributed by atoms with van der Waals surface area (Å²) in [5, 5.41) is 5.48. The third-order valence-corrected chi connectivity index (χ3v) is 5.61. The maximum atomic E-state index is 12.5. The molecule has 3 N–H and O–H groups in total. The van der Waals surface area contributed by atoms with Crippen molar-refractivity contribution in [3.8, 4) is 0 Å². The number of carbonyl (C=O) groups excluding carboxylic acids is 2. The van der Waals surface area contributed by atoms with Crippen molar-refractivity contribution in [3.05, 3.63) is 51.9 Å². The van der Waals surface area contributed by atoms with Gasteiger partial charge in [0, 0.05) is 16.4 Å². The molecule has 26 heavy (non-hydrogen) atoms. The number of methoxy groups -OCH3 is 1. The fraction of sp³-hybridized carbons (Fsp3) is 0.400. The summed E-state index contributed by atoms with van der Waals surface area (Å²) < 4.78 is 4.85. The van der Waals surface area contributed by atoms with Gasteiger partial charge in [0.05, 0.1) is 12.7 Å². The number of nitrogens with one attached hydrogen (secondary N) is 1. The number of benzene rings is 1. The van der Waals surface area contributed by atoms with E-state index >= 15 is 0 Å². The Labute approximate surface area is 158 Å². The molecule has 5 nitrogen and oxygen atoms in total. The fourth-order valence-corrected chi connectivity index (χ4v) is 4.01. The molecule has 1 aromatic carbocycles. The van der Waals surface area contributed by atoms with Crippen LogP contribution < -0.4 is 10.6 Å². The molecule has 6 heteroatoms. The van der Waals surface area contributed by atoms with Gasteiger partial charge in [-0.05, 0) is 19.4 Å². The first kappa shape index (κ1) is 20.1. The second-order valence-electron chi connectivity index (χ2n) is 6.65. The summed E-state index contributed by atoms with van der Waals surface area (Å²) in [6.45, 7) is 8.37. The van der Waals surface area contributed by atoms with Crippen LogP contribution in [0.1, 0.15) is 46.3 Å². The molecule has 0 bridgehead atoms. The number of carbonyl (C=O) groups is 2. The summed E-state index contributed by atoms with van der Waals surface area (Å²) in [6.07, 6.45) is 0. The Bertz CT molecular complexity index is 769. The number of thiophene rings is 1. The van der Waals surface area contributed by atoms with Crippen LogP contribution in [0.3, 0.4) is 0 Å². The lowest BCUT2D eigenvalue weighted by Crippen LogP contribution is -2.88. The minimum absolute atomic E-state index is 0.127. The van der Waals surface area contributed by atoms with E-state index in [0.29, 0.717) is 16.5 Å². The average molecular weight is 376 g/mol. The van der Waals surface area contributed by atoms with Crippen molar-refractivity contribution in [2.24, 2.45) is 5.92 Å². The van der Waals surface area contributed by atoms with Gasteiger partial charge < -0.3 is 15.4 Å². The van der Waals surface area contributed by atoms with E-state index in [4.69, 9.17) is 4.74 Å². The standard InChI is InChI=1S/C20H26N2O3S/c1-12(2)18(15-9-7-6-8-10-15)21-11-16(23)22-19-17(20(24)25-5)13(3)14(4)26-19/h6-10,12,18,21H,11H2,1-5H3,(H,22,23)/p+1/t18-/m1/s1. The second-order valence-corrected chi connectivity index (χ2v) is 7.87. The van der Waals surface area contributed by atoms with E-state index in [1.165, 1.54) is 24.0 Å². The summed E-state index contributed by atoms with van der Waals surface area (Å²) in [4.78, 5) is 25.5. The molecule has 0 aliphatic rings. The van der Waals surface area contributed by atoms with Gasteiger partial charge >= 0.3 is 5.97 Å². The lowest BCUT2D eigenvalue weighted by atomic mass is 9.96. The maximum absolute atomic E-state index is 12.5. The number of hydrogen-bond donors (Lipinski definition) is 2. The molecule has 0 aliphatic carbocycles. The smallest absolute Gasteiger partial charge is 0.341 e. The van der Waals surface area contributed by atoms with Crippen LogP contribution in [0.2, 0.25) is 0 Å². The molecule has 0 spiro atoms. The van der Waals surface area contributed by atoms with Crippen molar-refractivity contribution in [1.82, 2.24) is 0 Å². The summed E-state index contributed by atoms with van der Waals surface area (Å²) in [6, 6.07) is 10.4. The van der Waals surface area contributed by atoms with Crippen LogP contribution in [0.15, 0.2) is 30.3 Å². The first-order valence-corrected chi connectivity index (χ1v) is 9.53. The highest BCUT2D eigenvalue weighted by molar-refractivity contribution is 7.16. The summed E-state index contributed by atoms with van der Waals surface area (Å²) in [7, 11) is 1.35. The number of quaternary nitrogens is 1. The van der Waals surface area contributed by atoms with E-state index in [0.717, 1.165) is 10.4 Å². The molecule has 2 aromatic rings. The lowest BCUT2D eigenvalue weighted by Gasteiger charge is -2.19. The molecule has 140 valence electrons. The predicted molar refractivity (Wildman–Crippen MR) is 105 cm³/mol. The van der Waals surface area contributed by atoms with E-state index in [1.54, 1.807) is 0 Å². The molecule has 0 unspecified atom stereocenters. The minimum atomic E-state index is -0.421.